The molecule has 0 amide bonds. The van der Waals surface area contributed by atoms with Crippen molar-refractivity contribution in [3.05, 3.63) is 0 Å². The molecule has 0 aromatic carbocycles. The van der Waals surface area contributed by atoms with E-state index in [0.29, 0.717) is 0 Å². The smallest absolute Gasteiger partial charge is 0.312 e. The Morgan fingerprint density at radius 2 is 1.93 bits per heavy atom. The minimum absolute atomic E-state index is 0.0906. The van der Waals surface area contributed by atoms with Crippen LogP contribution >= 0.6 is 0 Å². The maximum absolute atomic E-state index is 13.1. The molecule has 0 aliphatic carbocycles. The van der Waals surface area contributed by atoms with Crippen LogP contribution in [0.3, 0.4) is 0 Å². The Hall–Kier alpha value is -0.360. The van der Waals surface area contributed by atoms with Gasteiger partial charge in [0.25, 0.3) is 5.92 Å². The number of likely N-dealkylation sites (tertiary alicyclic amines) is 1. The van der Waals surface area contributed by atoms with Gasteiger partial charge in [0, 0.05) is 12.6 Å². The molecule has 1 aliphatic heterocycles. The van der Waals surface area contributed by atoms with E-state index in [1.165, 1.54) is 4.90 Å². The molecule has 0 radical (unpaired) electrons. The number of ether oxygens (including phenoxy) is 1. The van der Waals surface area contributed by atoms with Gasteiger partial charge in [-0.25, -0.2) is 8.78 Å². The molecule has 6 heteroatoms. The minimum atomic E-state index is -3.18. The summed E-state index contributed by atoms with van der Waals surface area (Å²) in [5.74, 6) is -3.18. The molecule has 1 fully saturated rings. The molecule has 1 atom stereocenters. The number of alkyl halides is 4. The molecule has 14 heavy (non-hydrogen) atoms. The Kier molecular flexibility index (Phi) is 3.36. The van der Waals surface area contributed by atoms with E-state index in [-0.39, 0.29) is 12.6 Å². The summed E-state index contributed by atoms with van der Waals surface area (Å²) in [5, 5.41) is 0. The van der Waals surface area contributed by atoms with Crippen molar-refractivity contribution in [2.75, 3.05) is 13.1 Å². The maximum atomic E-state index is 13.1. The highest BCUT2D eigenvalue weighted by Crippen LogP contribution is 2.32. The molecule has 1 aliphatic rings. The van der Waals surface area contributed by atoms with Gasteiger partial charge in [0.1, 0.15) is 6.10 Å². The topological polar surface area (TPSA) is 12.5 Å². The van der Waals surface area contributed by atoms with Crippen LogP contribution in [0, 0.1) is 0 Å². The van der Waals surface area contributed by atoms with Crippen LogP contribution in [-0.2, 0) is 4.74 Å². The van der Waals surface area contributed by atoms with Gasteiger partial charge in [-0.1, -0.05) is 0 Å². The largest absolute Gasteiger partial charge is 0.345 e. The highest BCUT2D eigenvalue weighted by Gasteiger charge is 2.50. The van der Waals surface area contributed by atoms with E-state index in [2.05, 4.69) is 4.74 Å². The Labute approximate surface area is 79.8 Å². The van der Waals surface area contributed by atoms with Gasteiger partial charge in [0.2, 0.25) is 0 Å². The molecule has 0 N–H and O–H groups in total. The van der Waals surface area contributed by atoms with Crippen molar-refractivity contribution in [1.29, 1.82) is 0 Å². The quantitative estimate of drug-likeness (QED) is 0.667. The third kappa shape index (κ3) is 2.57. The highest BCUT2D eigenvalue weighted by molar-refractivity contribution is 4.92. The Morgan fingerprint density at radius 1 is 1.36 bits per heavy atom. The normalized spacial score (nSPS) is 27.9. The number of hydrogen-bond acceptors (Lipinski definition) is 2. The monoisotopic (exact) mass is 215 g/mol. The number of nitrogens with zero attached hydrogens (tertiary/aromatic N) is 1. The van der Waals surface area contributed by atoms with Crippen LogP contribution in [0.4, 0.5) is 17.6 Å². The first-order valence-electron chi connectivity index (χ1n) is 4.38. The van der Waals surface area contributed by atoms with Crippen LogP contribution in [0.5, 0.6) is 0 Å². The third-order valence-corrected chi connectivity index (χ3v) is 2.28. The second kappa shape index (κ2) is 4.02. The minimum Gasteiger partial charge on any atom is -0.312 e. The fourth-order valence-corrected chi connectivity index (χ4v) is 1.44. The lowest BCUT2D eigenvalue weighted by Gasteiger charge is -2.18. The van der Waals surface area contributed by atoms with E-state index in [1.807, 2.05) is 0 Å². The average Bonchev–Trinajstić information content (AvgIpc) is 2.26. The van der Waals surface area contributed by atoms with Crippen LogP contribution in [0.15, 0.2) is 0 Å². The summed E-state index contributed by atoms with van der Waals surface area (Å²) in [6.07, 6.45) is -1.69. The van der Waals surface area contributed by atoms with Gasteiger partial charge < -0.3 is 4.74 Å². The van der Waals surface area contributed by atoms with Crippen molar-refractivity contribution in [2.24, 2.45) is 0 Å². The van der Waals surface area contributed by atoms with Crippen molar-refractivity contribution in [2.45, 2.75) is 38.5 Å². The molecule has 1 saturated heterocycles. The van der Waals surface area contributed by atoms with Gasteiger partial charge in [-0.15, -0.1) is 0 Å². The molecule has 84 valence electrons. The molecule has 0 bridgehead atoms. The summed E-state index contributed by atoms with van der Waals surface area (Å²) in [6.45, 7) is -0.323. The van der Waals surface area contributed by atoms with Crippen molar-refractivity contribution in [3.8, 4) is 0 Å². The summed E-state index contributed by atoms with van der Waals surface area (Å²) >= 11 is 0. The van der Waals surface area contributed by atoms with E-state index in [9.17, 15) is 17.6 Å². The summed E-state index contributed by atoms with van der Waals surface area (Å²) < 4.78 is 53.6. The summed E-state index contributed by atoms with van der Waals surface area (Å²) in [4.78, 5) is 1.42. The average molecular weight is 215 g/mol. The lowest BCUT2D eigenvalue weighted by atomic mass is 10.2. The Morgan fingerprint density at radius 3 is 2.29 bits per heavy atom. The Balaban J connectivity index is 2.59. The van der Waals surface area contributed by atoms with E-state index < -0.39 is 25.2 Å². The fourth-order valence-electron chi connectivity index (χ4n) is 1.44. The van der Waals surface area contributed by atoms with Gasteiger partial charge >= 0.3 is 6.61 Å². The highest BCUT2D eigenvalue weighted by atomic mass is 19.3. The van der Waals surface area contributed by atoms with Gasteiger partial charge in [-0.3, -0.25) is 4.90 Å². The number of hydrogen-bond donors (Lipinski definition) is 0. The summed E-state index contributed by atoms with van der Waals surface area (Å²) in [7, 11) is 0. The summed E-state index contributed by atoms with van der Waals surface area (Å²) in [6, 6.07) is -0.0906. The van der Waals surface area contributed by atoms with E-state index in [1.54, 1.807) is 13.8 Å². The van der Waals surface area contributed by atoms with Crippen molar-refractivity contribution >= 4 is 0 Å². The van der Waals surface area contributed by atoms with Crippen molar-refractivity contribution in [1.82, 2.24) is 4.90 Å². The fraction of sp³-hybridized carbons (Fsp3) is 1.00. The third-order valence-electron chi connectivity index (χ3n) is 2.28. The molecule has 0 aromatic heterocycles. The first-order chi connectivity index (χ1) is 6.33. The van der Waals surface area contributed by atoms with Crippen LogP contribution < -0.4 is 0 Å². The van der Waals surface area contributed by atoms with Crippen LogP contribution in [-0.4, -0.2) is 42.7 Å². The molecular weight excluding hydrogens is 202 g/mol. The van der Waals surface area contributed by atoms with Gasteiger partial charge in [0.15, 0.2) is 0 Å². The van der Waals surface area contributed by atoms with E-state index in [4.69, 9.17) is 0 Å². The number of halogens is 4. The van der Waals surface area contributed by atoms with E-state index in [0.717, 1.165) is 0 Å². The standard InChI is InChI=1S/C8H13F4NO/c1-5(2)13-3-6(14-7(9)10)8(11,12)4-13/h5-7H,3-4H2,1-2H3. The van der Waals surface area contributed by atoms with Crippen molar-refractivity contribution < 1.29 is 22.3 Å². The van der Waals surface area contributed by atoms with Crippen LogP contribution in [0.25, 0.3) is 0 Å². The van der Waals surface area contributed by atoms with Crippen LogP contribution in [0.2, 0.25) is 0 Å². The first-order valence-corrected chi connectivity index (χ1v) is 4.38. The molecule has 0 saturated carbocycles. The summed E-state index contributed by atoms with van der Waals surface area (Å²) in [5.41, 5.74) is 0. The second-order valence-electron chi connectivity index (χ2n) is 3.67. The zero-order valence-electron chi connectivity index (χ0n) is 8.01. The molecular formula is C8H13F4NO. The molecule has 1 rings (SSSR count). The maximum Gasteiger partial charge on any atom is 0.345 e. The molecule has 1 unspecified atom stereocenters. The van der Waals surface area contributed by atoms with Crippen LogP contribution in [0.1, 0.15) is 13.8 Å². The molecule has 0 aromatic rings. The van der Waals surface area contributed by atoms with E-state index >= 15 is 0 Å². The second-order valence-corrected chi connectivity index (χ2v) is 3.67. The molecule has 0 spiro atoms. The zero-order chi connectivity index (χ0) is 10.9. The number of rotatable bonds is 3. The SMILES string of the molecule is CC(C)N1CC(OC(F)F)C(F)(F)C1. The lowest BCUT2D eigenvalue weighted by Crippen LogP contribution is -2.35. The lowest BCUT2D eigenvalue weighted by molar-refractivity contribution is -0.210. The predicted octanol–water partition coefficient (Wildman–Crippen LogP) is 1.95. The van der Waals surface area contributed by atoms with Crippen molar-refractivity contribution in [3.63, 3.8) is 0 Å². The van der Waals surface area contributed by atoms with Gasteiger partial charge in [-0.05, 0) is 13.8 Å². The Bertz CT molecular complexity index is 198. The zero-order valence-corrected chi connectivity index (χ0v) is 8.01. The van der Waals surface area contributed by atoms with Gasteiger partial charge in [-0.2, -0.15) is 8.78 Å². The first kappa shape index (κ1) is 11.7. The molecule has 2 nitrogen and oxygen atoms in total. The van der Waals surface area contributed by atoms with Gasteiger partial charge in [0.05, 0.1) is 6.54 Å². The molecule has 1 heterocycles. The predicted molar refractivity (Wildman–Crippen MR) is 42.5 cm³/mol.